The molecular formula is C21H25N3O. The minimum absolute atomic E-state index is 0.440. The van der Waals surface area contributed by atoms with Crippen LogP contribution >= 0.6 is 0 Å². The Balaban J connectivity index is 1.83. The highest BCUT2D eigenvalue weighted by Crippen LogP contribution is 2.26. The molecule has 0 radical (unpaired) electrons. The molecule has 0 aliphatic heterocycles. The Morgan fingerprint density at radius 1 is 1.04 bits per heavy atom. The molecule has 1 heterocycles. The van der Waals surface area contributed by atoms with Gasteiger partial charge >= 0.3 is 0 Å². The molecule has 4 nitrogen and oxygen atoms in total. The fourth-order valence-electron chi connectivity index (χ4n) is 2.65. The first-order chi connectivity index (χ1) is 12.1. The standard InChI is InChI=1S/C21H25N3O/c1-16(2)22-12-18-9-19(20-13-23-24(3)14-20)11-21(10-18)25-15-17-7-5-4-6-8-17/h4-11,13-14,16,22H,12,15H2,1-3H3. The molecular weight excluding hydrogens is 310 g/mol. The van der Waals surface area contributed by atoms with E-state index >= 15 is 0 Å². The van der Waals surface area contributed by atoms with E-state index in [1.54, 1.807) is 0 Å². The maximum absolute atomic E-state index is 6.05. The molecule has 0 fully saturated rings. The molecule has 0 aliphatic carbocycles. The van der Waals surface area contributed by atoms with Crippen molar-refractivity contribution in [1.82, 2.24) is 15.1 Å². The van der Waals surface area contributed by atoms with Crippen LogP contribution in [-0.2, 0) is 20.2 Å². The van der Waals surface area contributed by atoms with Crippen LogP contribution in [0.25, 0.3) is 11.1 Å². The highest BCUT2D eigenvalue weighted by atomic mass is 16.5. The molecule has 0 saturated carbocycles. The van der Waals surface area contributed by atoms with Crippen molar-refractivity contribution in [2.75, 3.05) is 0 Å². The van der Waals surface area contributed by atoms with E-state index in [2.05, 4.69) is 54.6 Å². The summed E-state index contributed by atoms with van der Waals surface area (Å²) in [5, 5.41) is 7.75. The summed E-state index contributed by atoms with van der Waals surface area (Å²) in [6.45, 7) is 5.68. The number of aromatic nitrogens is 2. The number of benzene rings is 2. The molecule has 25 heavy (non-hydrogen) atoms. The van der Waals surface area contributed by atoms with Gasteiger partial charge in [-0.1, -0.05) is 44.2 Å². The van der Waals surface area contributed by atoms with Gasteiger partial charge in [0, 0.05) is 31.4 Å². The number of nitrogens with zero attached hydrogens (tertiary/aromatic N) is 2. The Hall–Kier alpha value is -2.59. The summed E-state index contributed by atoms with van der Waals surface area (Å²) < 4.78 is 7.87. The van der Waals surface area contributed by atoms with Crippen LogP contribution < -0.4 is 10.1 Å². The van der Waals surface area contributed by atoms with E-state index in [1.807, 2.05) is 42.3 Å². The van der Waals surface area contributed by atoms with E-state index in [0.29, 0.717) is 12.6 Å². The molecule has 0 aliphatic rings. The average molecular weight is 335 g/mol. The van der Waals surface area contributed by atoms with E-state index < -0.39 is 0 Å². The second kappa shape index (κ2) is 7.99. The van der Waals surface area contributed by atoms with Crippen LogP contribution in [0.4, 0.5) is 0 Å². The molecule has 0 spiro atoms. The number of ether oxygens (including phenoxy) is 1. The quantitative estimate of drug-likeness (QED) is 0.704. The Morgan fingerprint density at radius 2 is 1.84 bits per heavy atom. The molecule has 130 valence electrons. The number of hydrogen-bond acceptors (Lipinski definition) is 3. The lowest BCUT2D eigenvalue weighted by Gasteiger charge is -2.13. The third-order valence-electron chi connectivity index (χ3n) is 3.97. The lowest BCUT2D eigenvalue weighted by molar-refractivity contribution is 0.306. The molecule has 0 atom stereocenters. The molecule has 0 amide bonds. The molecule has 0 saturated heterocycles. The predicted octanol–water partition coefficient (Wildman–Crippen LogP) is 4.16. The van der Waals surface area contributed by atoms with Gasteiger partial charge in [0.05, 0.1) is 6.20 Å². The van der Waals surface area contributed by atoms with Crippen molar-refractivity contribution >= 4 is 0 Å². The summed E-state index contributed by atoms with van der Waals surface area (Å²) >= 11 is 0. The van der Waals surface area contributed by atoms with Crippen LogP contribution in [0.5, 0.6) is 5.75 Å². The van der Waals surface area contributed by atoms with Gasteiger partial charge < -0.3 is 10.1 Å². The Kier molecular flexibility index (Phi) is 5.51. The first-order valence-corrected chi connectivity index (χ1v) is 8.63. The molecule has 4 heteroatoms. The van der Waals surface area contributed by atoms with E-state index in [-0.39, 0.29) is 0 Å². The van der Waals surface area contributed by atoms with Gasteiger partial charge in [0.25, 0.3) is 0 Å². The number of aryl methyl sites for hydroxylation is 1. The van der Waals surface area contributed by atoms with Gasteiger partial charge in [-0.2, -0.15) is 5.10 Å². The molecule has 3 rings (SSSR count). The lowest BCUT2D eigenvalue weighted by Crippen LogP contribution is -2.21. The smallest absolute Gasteiger partial charge is 0.120 e. The minimum Gasteiger partial charge on any atom is -0.489 e. The van der Waals surface area contributed by atoms with Gasteiger partial charge in [-0.15, -0.1) is 0 Å². The van der Waals surface area contributed by atoms with E-state index in [4.69, 9.17) is 4.74 Å². The number of hydrogen-bond donors (Lipinski definition) is 1. The van der Waals surface area contributed by atoms with Crippen LogP contribution in [-0.4, -0.2) is 15.8 Å². The first-order valence-electron chi connectivity index (χ1n) is 8.63. The largest absolute Gasteiger partial charge is 0.489 e. The lowest BCUT2D eigenvalue weighted by atomic mass is 10.1. The SMILES string of the molecule is CC(C)NCc1cc(OCc2ccccc2)cc(-c2cnn(C)c2)c1. The maximum atomic E-state index is 6.05. The maximum Gasteiger partial charge on any atom is 0.120 e. The van der Waals surface area contributed by atoms with Crippen LogP contribution in [0, 0.1) is 0 Å². The summed E-state index contributed by atoms with van der Waals surface area (Å²) in [5.74, 6) is 0.880. The van der Waals surface area contributed by atoms with E-state index in [0.717, 1.165) is 29.0 Å². The highest BCUT2D eigenvalue weighted by Gasteiger charge is 2.07. The summed E-state index contributed by atoms with van der Waals surface area (Å²) in [5.41, 5.74) is 4.59. The van der Waals surface area contributed by atoms with Gasteiger partial charge in [0.1, 0.15) is 12.4 Å². The van der Waals surface area contributed by atoms with Crippen LogP contribution in [0.3, 0.4) is 0 Å². The number of nitrogens with one attached hydrogen (secondary N) is 1. The Bertz CT molecular complexity index is 809. The van der Waals surface area contributed by atoms with Gasteiger partial charge in [-0.25, -0.2) is 0 Å². The monoisotopic (exact) mass is 335 g/mol. The van der Waals surface area contributed by atoms with Crippen molar-refractivity contribution in [3.63, 3.8) is 0 Å². The first kappa shape index (κ1) is 17.2. The second-order valence-electron chi connectivity index (χ2n) is 6.58. The van der Waals surface area contributed by atoms with Crippen molar-refractivity contribution in [1.29, 1.82) is 0 Å². The normalized spacial score (nSPS) is 11.0. The summed E-state index contributed by atoms with van der Waals surface area (Å²) in [6.07, 6.45) is 3.91. The fraction of sp³-hybridized carbons (Fsp3) is 0.286. The van der Waals surface area contributed by atoms with Crippen molar-refractivity contribution < 1.29 is 4.74 Å². The molecule has 0 bridgehead atoms. The topological polar surface area (TPSA) is 39.1 Å². The highest BCUT2D eigenvalue weighted by molar-refractivity contribution is 5.64. The van der Waals surface area contributed by atoms with E-state index in [9.17, 15) is 0 Å². The van der Waals surface area contributed by atoms with Crippen LogP contribution in [0.15, 0.2) is 60.9 Å². The van der Waals surface area contributed by atoms with Crippen LogP contribution in [0.2, 0.25) is 0 Å². The number of rotatable bonds is 7. The molecule has 1 aromatic heterocycles. The Morgan fingerprint density at radius 3 is 2.52 bits per heavy atom. The third-order valence-corrected chi connectivity index (χ3v) is 3.97. The van der Waals surface area contributed by atoms with Crippen molar-refractivity contribution in [3.8, 4) is 16.9 Å². The average Bonchev–Trinajstić information content (AvgIpc) is 3.05. The Labute approximate surface area is 149 Å². The summed E-state index contributed by atoms with van der Waals surface area (Å²) in [4.78, 5) is 0. The minimum atomic E-state index is 0.440. The molecule has 1 N–H and O–H groups in total. The van der Waals surface area contributed by atoms with Gasteiger partial charge in [-0.3, -0.25) is 4.68 Å². The fourth-order valence-corrected chi connectivity index (χ4v) is 2.65. The van der Waals surface area contributed by atoms with Gasteiger partial charge in [0.15, 0.2) is 0 Å². The predicted molar refractivity (Wildman–Crippen MR) is 101 cm³/mol. The van der Waals surface area contributed by atoms with Crippen LogP contribution in [0.1, 0.15) is 25.0 Å². The van der Waals surface area contributed by atoms with Gasteiger partial charge in [-0.05, 0) is 34.9 Å². The molecule has 3 aromatic rings. The van der Waals surface area contributed by atoms with Crippen molar-refractivity contribution in [2.45, 2.75) is 33.0 Å². The van der Waals surface area contributed by atoms with Crippen molar-refractivity contribution in [2.24, 2.45) is 7.05 Å². The molecule has 2 aromatic carbocycles. The summed E-state index contributed by atoms with van der Waals surface area (Å²) in [6, 6.07) is 17.1. The third kappa shape index (κ3) is 4.94. The van der Waals surface area contributed by atoms with Gasteiger partial charge in [0.2, 0.25) is 0 Å². The second-order valence-corrected chi connectivity index (χ2v) is 6.58. The summed E-state index contributed by atoms with van der Waals surface area (Å²) in [7, 11) is 1.93. The molecule has 0 unspecified atom stereocenters. The zero-order valence-electron chi connectivity index (χ0n) is 15.1. The van der Waals surface area contributed by atoms with Crippen molar-refractivity contribution in [3.05, 3.63) is 72.1 Å². The van der Waals surface area contributed by atoms with E-state index in [1.165, 1.54) is 5.56 Å². The zero-order valence-corrected chi connectivity index (χ0v) is 15.1. The zero-order chi connectivity index (χ0) is 17.6.